The molecule has 3 aliphatic rings. The molecule has 0 spiro atoms. The molecule has 0 radical (unpaired) electrons. The van der Waals surface area contributed by atoms with Crippen molar-refractivity contribution in [2.24, 2.45) is 0 Å². The molecule has 0 amide bonds. The quantitative estimate of drug-likeness (QED) is 0.165. The van der Waals surface area contributed by atoms with Crippen LogP contribution in [0.4, 0.5) is 11.6 Å². The second-order valence-electron chi connectivity index (χ2n) is 19.5. The lowest BCUT2D eigenvalue weighted by atomic mass is 9.62. The molecular weight excluding hydrogens is 881 g/mol. The molecule has 12 aromatic rings. The molecule has 15 rings (SSSR count). The highest BCUT2D eigenvalue weighted by molar-refractivity contribution is 6.13. The van der Waals surface area contributed by atoms with Crippen LogP contribution in [0.25, 0.3) is 83.3 Å². The van der Waals surface area contributed by atoms with Crippen molar-refractivity contribution in [3.8, 4) is 39.6 Å². The molecule has 1 fully saturated rings. The van der Waals surface area contributed by atoms with Crippen LogP contribution in [0, 0.1) is 0 Å². The van der Waals surface area contributed by atoms with Crippen LogP contribution in [0.5, 0.6) is 0 Å². The Kier molecular flexibility index (Phi) is 6.49. The lowest BCUT2D eigenvalue weighted by Gasteiger charge is -2.49. The Labute approximate surface area is 434 Å². The summed E-state index contributed by atoms with van der Waals surface area (Å²) in [4.78, 5) is 22.6. The van der Waals surface area contributed by atoms with E-state index in [0.717, 1.165) is 91.2 Å². The van der Waals surface area contributed by atoms with Gasteiger partial charge in [-0.3, -0.25) is 4.98 Å². The standard InChI is InChI=1S/C65H48N6O/c1-63-35-15-16-36-64(63,2)71(56-34-37-66-40-53(56)63)62-68-60(41-18-17-23-45(38-41)70-54-27-12-9-24-46(54)47-25-10-13-28-55(47)70)67-61(69-62)42-30-32-51-50(39-42)58-52(33-31-49-48-26-11-14-29-57(48)72-59(49)58)65(51,43-19-5-3-6-20-43)44-21-7-4-8-22-44/h3-14,17-34,37-40H,15-16,35-36H2,1-2H3/i9D,10D,12D,13D,17D,18D,23D,24D,25D,27D,28D,38D. The highest BCUT2D eigenvalue weighted by Gasteiger charge is 2.59. The summed E-state index contributed by atoms with van der Waals surface area (Å²) in [6.45, 7) is 4.43. The molecule has 4 aromatic heterocycles. The third-order valence-electron chi connectivity index (χ3n) is 16.1. The Morgan fingerprint density at radius 1 is 0.583 bits per heavy atom. The van der Waals surface area contributed by atoms with Gasteiger partial charge in [0.05, 0.1) is 44.1 Å². The normalized spacial score (nSPS) is 21.0. The highest BCUT2D eigenvalue weighted by Crippen LogP contribution is 2.61. The molecule has 7 heteroatoms. The zero-order valence-electron chi connectivity index (χ0n) is 51.1. The van der Waals surface area contributed by atoms with Crippen molar-refractivity contribution in [3.05, 3.63) is 234 Å². The van der Waals surface area contributed by atoms with Gasteiger partial charge in [-0.15, -0.1) is 0 Å². The van der Waals surface area contributed by atoms with Crippen LogP contribution in [0.2, 0.25) is 0 Å². The maximum atomic E-state index is 10.3. The number of hydrogen-bond donors (Lipinski definition) is 0. The van der Waals surface area contributed by atoms with Gasteiger partial charge in [-0.25, -0.2) is 4.98 Å². The average Bonchev–Trinajstić information content (AvgIpc) is 1.79. The van der Waals surface area contributed by atoms with E-state index in [2.05, 4.69) is 78.3 Å². The van der Waals surface area contributed by atoms with Gasteiger partial charge in [0, 0.05) is 67.3 Å². The molecule has 5 heterocycles. The van der Waals surface area contributed by atoms with Crippen LogP contribution in [0.15, 0.2) is 211 Å². The van der Waals surface area contributed by atoms with Gasteiger partial charge in [0.15, 0.2) is 11.6 Å². The van der Waals surface area contributed by atoms with Crippen molar-refractivity contribution in [2.45, 2.75) is 55.9 Å². The van der Waals surface area contributed by atoms with Crippen LogP contribution in [0.1, 0.15) is 83.8 Å². The minimum absolute atomic E-state index is 0.151. The van der Waals surface area contributed by atoms with Crippen molar-refractivity contribution in [1.82, 2.24) is 24.5 Å². The number of furan rings is 1. The van der Waals surface area contributed by atoms with Gasteiger partial charge in [-0.2, -0.15) is 9.97 Å². The zero-order valence-corrected chi connectivity index (χ0v) is 39.1. The summed E-state index contributed by atoms with van der Waals surface area (Å²) >= 11 is 0. The highest BCUT2D eigenvalue weighted by atomic mass is 16.3. The van der Waals surface area contributed by atoms with Gasteiger partial charge in [-0.05, 0) is 90.0 Å². The molecule has 344 valence electrons. The van der Waals surface area contributed by atoms with E-state index >= 15 is 0 Å². The molecule has 2 atom stereocenters. The van der Waals surface area contributed by atoms with E-state index in [4.69, 9.17) is 27.6 Å². The van der Waals surface area contributed by atoms with Gasteiger partial charge in [0.25, 0.3) is 0 Å². The number of hydrogen-bond acceptors (Lipinski definition) is 6. The fourth-order valence-electron chi connectivity index (χ4n) is 12.7. The lowest BCUT2D eigenvalue weighted by Crippen LogP contribution is -2.55. The van der Waals surface area contributed by atoms with E-state index in [1.54, 1.807) is 6.20 Å². The number of nitrogens with zero attached hydrogens (tertiary/aromatic N) is 6. The molecule has 2 unspecified atom stereocenters. The summed E-state index contributed by atoms with van der Waals surface area (Å²) in [5.74, 6) is 0.121. The Morgan fingerprint density at radius 2 is 1.26 bits per heavy atom. The maximum absolute atomic E-state index is 10.3. The second kappa shape index (κ2) is 15.2. The minimum Gasteiger partial charge on any atom is -0.455 e. The number of aromatic nitrogens is 5. The molecule has 8 aromatic carbocycles. The monoisotopic (exact) mass is 940 g/mol. The van der Waals surface area contributed by atoms with Crippen LogP contribution in [-0.4, -0.2) is 30.0 Å². The first kappa shape index (κ1) is 30.8. The minimum atomic E-state index is -0.835. The zero-order chi connectivity index (χ0) is 58.2. The number of para-hydroxylation sites is 3. The molecule has 72 heavy (non-hydrogen) atoms. The summed E-state index contributed by atoms with van der Waals surface area (Å²) in [6, 6.07) is 33.4. The number of benzene rings is 8. The summed E-state index contributed by atoms with van der Waals surface area (Å²) in [7, 11) is 0. The van der Waals surface area contributed by atoms with Gasteiger partial charge in [0.2, 0.25) is 5.95 Å². The van der Waals surface area contributed by atoms with Crippen LogP contribution in [-0.2, 0) is 10.8 Å². The lowest BCUT2D eigenvalue weighted by molar-refractivity contribution is 0.193. The number of anilines is 2. The topological polar surface area (TPSA) is 72.9 Å². The Bertz CT molecular complexity index is 4780. The van der Waals surface area contributed by atoms with E-state index in [1.165, 1.54) is 0 Å². The molecule has 0 bridgehead atoms. The molecule has 7 nitrogen and oxygen atoms in total. The molecular formula is C65H48N6O. The molecule has 0 saturated heterocycles. The van der Waals surface area contributed by atoms with Crippen molar-refractivity contribution in [1.29, 1.82) is 0 Å². The van der Waals surface area contributed by atoms with Crippen LogP contribution < -0.4 is 4.90 Å². The summed E-state index contributed by atoms with van der Waals surface area (Å²) in [5, 5.41) is 1.38. The summed E-state index contributed by atoms with van der Waals surface area (Å²) in [6.07, 6.45) is 7.09. The first-order chi connectivity index (χ1) is 40.4. The van der Waals surface area contributed by atoms with E-state index in [9.17, 15) is 8.22 Å². The second-order valence-corrected chi connectivity index (χ2v) is 19.5. The molecule has 2 aliphatic carbocycles. The van der Waals surface area contributed by atoms with E-state index in [1.807, 2.05) is 72.9 Å². The predicted octanol–water partition coefficient (Wildman–Crippen LogP) is 15.7. The first-order valence-electron chi connectivity index (χ1n) is 30.3. The largest absolute Gasteiger partial charge is 0.455 e. The van der Waals surface area contributed by atoms with E-state index < -0.39 is 94.6 Å². The first-order valence-corrected chi connectivity index (χ1v) is 24.3. The van der Waals surface area contributed by atoms with Crippen molar-refractivity contribution < 1.29 is 20.9 Å². The van der Waals surface area contributed by atoms with Crippen molar-refractivity contribution in [3.63, 3.8) is 0 Å². The Balaban J connectivity index is 1.05. The van der Waals surface area contributed by atoms with Gasteiger partial charge >= 0.3 is 0 Å². The fourth-order valence-corrected chi connectivity index (χ4v) is 12.7. The molecule has 1 saturated carbocycles. The van der Waals surface area contributed by atoms with Crippen LogP contribution >= 0.6 is 0 Å². The van der Waals surface area contributed by atoms with Crippen molar-refractivity contribution >= 4 is 55.4 Å². The fraction of sp³-hybridized carbons (Fsp3) is 0.138. The van der Waals surface area contributed by atoms with Crippen molar-refractivity contribution in [2.75, 3.05) is 4.90 Å². The third kappa shape index (κ3) is 5.50. The smallest absolute Gasteiger partial charge is 0.234 e. The van der Waals surface area contributed by atoms with E-state index in [-0.39, 0.29) is 45.0 Å². The van der Waals surface area contributed by atoms with Gasteiger partial charge < -0.3 is 13.9 Å². The molecule has 1 aliphatic heterocycles. The third-order valence-corrected chi connectivity index (χ3v) is 16.1. The maximum Gasteiger partial charge on any atom is 0.234 e. The average molecular weight is 941 g/mol. The number of rotatable bonds is 6. The van der Waals surface area contributed by atoms with Gasteiger partial charge in [0.1, 0.15) is 11.2 Å². The van der Waals surface area contributed by atoms with Gasteiger partial charge in [-0.1, -0.05) is 171 Å². The predicted molar refractivity (Wildman–Crippen MR) is 290 cm³/mol. The Morgan fingerprint density at radius 3 is 2.03 bits per heavy atom. The summed E-state index contributed by atoms with van der Waals surface area (Å²) < 4.78 is 119. The van der Waals surface area contributed by atoms with E-state index in [0.29, 0.717) is 11.1 Å². The Hall–Kier alpha value is -8.68. The molecule has 0 N–H and O–H groups in total. The number of fused-ring (bicyclic) bond motifs is 13. The van der Waals surface area contributed by atoms with Crippen LogP contribution in [0.3, 0.4) is 0 Å². The SMILES string of the molecule is [2H]c1c([2H])c(-c2nc(-c3ccc4c(c3)-c3c(ccc5c3oc3ccccc35)C4(c3ccccc3)c3ccccc3)nc(N3c4ccncc4C4(C)CCCCC34C)n2)c([2H])c(-n2c3c([2H])c([2H])c([2H])c([2H])c3c3c([2H])c([2H])c([2H])c([2H])c32)c1[2H]. The summed E-state index contributed by atoms with van der Waals surface area (Å²) in [5.41, 5.74) is 6.22. The number of pyridine rings is 1.